The Morgan fingerprint density at radius 3 is 2.48 bits per heavy atom. The first-order valence-electron chi connectivity index (χ1n) is 10.5. The number of benzene rings is 2. The van der Waals surface area contributed by atoms with Crippen LogP contribution in [0.1, 0.15) is 48.9 Å². The number of nitrogens with one attached hydrogen (secondary N) is 2. The monoisotopic (exact) mass is 446 g/mol. The van der Waals surface area contributed by atoms with Gasteiger partial charge in [-0.1, -0.05) is 6.07 Å². The van der Waals surface area contributed by atoms with Crippen molar-refractivity contribution in [3.05, 3.63) is 53.1 Å². The third-order valence-electron chi connectivity index (χ3n) is 5.56. The number of sulfonamides is 1. The zero-order valence-electron chi connectivity index (χ0n) is 18.2. The number of carbonyl (C=O) groups excluding carboxylic acids is 1. The van der Waals surface area contributed by atoms with Crippen molar-refractivity contribution >= 4 is 15.9 Å². The van der Waals surface area contributed by atoms with Crippen LogP contribution < -0.4 is 19.5 Å². The van der Waals surface area contributed by atoms with E-state index in [1.807, 2.05) is 19.1 Å². The maximum absolute atomic E-state index is 12.6. The van der Waals surface area contributed by atoms with E-state index in [0.29, 0.717) is 11.5 Å². The molecular weight excluding hydrogens is 416 g/mol. The summed E-state index contributed by atoms with van der Waals surface area (Å²) in [5.41, 5.74) is 3.15. The van der Waals surface area contributed by atoms with Crippen LogP contribution in [0, 0.1) is 0 Å². The van der Waals surface area contributed by atoms with Crippen LogP contribution in [0.2, 0.25) is 0 Å². The summed E-state index contributed by atoms with van der Waals surface area (Å²) in [4.78, 5) is 12.6. The summed E-state index contributed by atoms with van der Waals surface area (Å²) in [6, 6.07) is 10.4. The molecule has 3 rings (SSSR count). The van der Waals surface area contributed by atoms with E-state index in [9.17, 15) is 13.2 Å². The molecule has 2 N–H and O–H groups in total. The smallest absolute Gasteiger partial charge is 0.240 e. The van der Waals surface area contributed by atoms with Crippen LogP contribution in [0.5, 0.6) is 11.5 Å². The molecule has 1 amide bonds. The number of rotatable bonds is 9. The highest BCUT2D eigenvalue weighted by Gasteiger charge is 2.19. The van der Waals surface area contributed by atoms with Gasteiger partial charge in [0.25, 0.3) is 0 Å². The molecule has 1 unspecified atom stereocenters. The van der Waals surface area contributed by atoms with E-state index in [-0.39, 0.29) is 29.8 Å². The molecule has 8 heteroatoms. The van der Waals surface area contributed by atoms with E-state index >= 15 is 0 Å². The predicted molar refractivity (Wildman–Crippen MR) is 119 cm³/mol. The number of amides is 1. The molecule has 1 aliphatic rings. The number of fused-ring (bicyclic) bond motifs is 1. The minimum atomic E-state index is -3.65. The van der Waals surface area contributed by atoms with E-state index in [1.54, 1.807) is 38.5 Å². The summed E-state index contributed by atoms with van der Waals surface area (Å²) in [6.45, 7) is 1.87. The fourth-order valence-electron chi connectivity index (χ4n) is 3.83. The Morgan fingerprint density at radius 2 is 1.77 bits per heavy atom. The van der Waals surface area contributed by atoms with Crippen LogP contribution in [0.4, 0.5) is 0 Å². The van der Waals surface area contributed by atoms with Crippen molar-refractivity contribution < 1.29 is 22.7 Å². The second-order valence-electron chi connectivity index (χ2n) is 7.68. The minimum Gasteiger partial charge on any atom is -0.497 e. The molecule has 1 aliphatic carbocycles. The number of ether oxygens (including phenoxy) is 2. The normalized spacial score (nSPS) is 14.4. The molecule has 0 fully saturated rings. The third-order valence-corrected chi connectivity index (χ3v) is 7.02. The first kappa shape index (κ1) is 23.1. The molecule has 0 radical (unpaired) electrons. The van der Waals surface area contributed by atoms with E-state index in [2.05, 4.69) is 10.0 Å². The lowest BCUT2D eigenvalue weighted by Crippen LogP contribution is -2.32. The second-order valence-corrected chi connectivity index (χ2v) is 9.45. The lowest BCUT2D eigenvalue weighted by Gasteiger charge is -2.18. The Morgan fingerprint density at radius 1 is 1.03 bits per heavy atom. The van der Waals surface area contributed by atoms with Crippen molar-refractivity contribution in [2.24, 2.45) is 0 Å². The summed E-state index contributed by atoms with van der Waals surface area (Å²) in [7, 11) is -0.520. The first-order chi connectivity index (χ1) is 14.8. The lowest BCUT2D eigenvalue weighted by atomic mass is 9.92. The van der Waals surface area contributed by atoms with Gasteiger partial charge in [-0.3, -0.25) is 4.79 Å². The van der Waals surface area contributed by atoms with Crippen LogP contribution >= 0.6 is 0 Å². The summed E-state index contributed by atoms with van der Waals surface area (Å²) in [5.74, 6) is 1.02. The van der Waals surface area contributed by atoms with Gasteiger partial charge in [0.2, 0.25) is 15.9 Å². The Bertz CT molecular complexity index is 1040. The van der Waals surface area contributed by atoms with Gasteiger partial charge in [0.1, 0.15) is 11.5 Å². The van der Waals surface area contributed by atoms with Gasteiger partial charge in [0, 0.05) is 24.6 Å². The molecule has 2 aromatic rings. The van der Waals surface area contributed by atoms with Gasteiger partial charge >= 0.3 is 0 Å². The summed E-state index contributed by atoms with van der Waals surface area (Å²) >= 11 is 0. The maximum atomic E-state index is 12.6. The van der Waals surface area contributed by atoms with Crippen LogP contribution in [0.25, 0.3) is 0 Å². The fraction of sp³-hybridized carbons (Fsp3) is 0.435. The molecule has 1 atom stereocenters. The molecule has 0 bridgehead atoms. The van der Waals surface area contributed by atoms with Crippen molar-refractivity contribution in [1.82, 2.24) is 10.0 Å². The molecule has 0 spiro atoms. The summed E-state index contributed by atoms with van der Waals surface area (Å²) in [6.07, 6.45) is 4.18. The molecule has 0 aliphatic heterocycles. The topological polar surface area (TPSA) is 93.7 Å². The molecule has 0 saturated carbocycles. The van der Waals surface area contributed by atoms with Crippen LogP contribution in [-0.4, -0.2) is 35.1 Å². The molecule has 31 heavy (non-hydrogen) atoms. The van der Waals surface area contributed by atoms with E-state index in [0.717, 1.165) is 36.8 Å². The number of aryl methyl sites for hydroxylation is 2. The standard InChI is InChI=1S/C23H30N2O5S/c1-16(21-11-9-19(29-2)15-22(21)30-3)25-23(26)12-13-24-31(27,28)20-10-8-17-6-4-5-7-18(17)14-20/h8-11,14-16,24H,4-7,12-13H2,1-3H3,(H,25,26). The number of methoxy groups -OCH3 is 2. The Kier molecular flexibility index (Phi) is 7.56. The molecule has 168 valence electrons. The van der Waals surface area contributed by atoms with Crippen molar-refractivity contribution in [2.75, 3.05) is 20.8 Å². The van der Waals surface area contributed by atoms with Gasteiger partial charge in [-0.15, -0.1) is 0 Å². The van der Waals surface area contributed by atoms with Crippen molar-refractivity contribution in [2.45, 2.75) is 50.0 Å². The maximum Gasteiger partial charge on any atom is 0.240 e. The lowest BCUT2D eigenvalue weighted by molar-refractivity contribution is -0.121. The zero-order valence-corrected chi connectivity index (χ0v) is 19.1. The van der Waals surface area contributed by atoms with E-state index in [4.69, 9.17) is 9.47 Å². The van der Waals surface area contributed by atoms with Crippen molar-refractivity contribution in [1.29, 1.82) is 0 Å². The van der Waals surface area contributed by atoms with Gasteiger partial charge in [-0.2, -0.15) is 0 Å². The average Bonchev–Trinajstić information content (AvgIpc) is 2.77. The molecule has 0 saturated heterocycles. The highest BCUT2D eigenvalue weighted by atomic mass is 32.2. The van der Waals surface area contributed by atoms with Gasteiger partial charge < -0.3 is 14.8 Å². The minimum absolute atomic E-state index is 0.0255. The average molecular weight is 447 g/mol. The van der Waals surface area contributed by atoms with Gasteiger partial charge in [0.05, 0.1) is 25.2 Å². The highest BCUT2D eigenvalue weighted by molar-refractivity contribution is 7.89. The zero-order chi connectivity index (χ0) is 22.4. The third kappa shape index (κ3) is 5.77. The predicted octanol–water partition coefficient (Wildman–Crippen LogP) is 3.13. The van der Waals surface area contributed by atoms with Gasteiger partial charge in [-0.25, -0.2) is 13.1 Å². The number of hydrogen-bond acceptors (Lipinski definition) is 5. The van der Waals surface area contributed by atoms with E-state index in [1.165, 1.54) is 5.56 Å². The number of hydrogen-bond donors (Lipinski definition) is 2. The van der Waals surface area contributed by atoms with E-state index < -0.39 is 10.0 Å². The molecule has 7 nitrogen and oxygen atoms in total. The van der Waals surface area contributed by atoms with Crippen LogP contribution in [0.3, 0.4) is 0 Å². The molecule has 2 aromatic carbocycles. The Labute approximate surface area is 184 Å². The number of carbonyl (C=O) groups is 1. The highest BCUT2D eigenvalue weighted by Crippen LogP contribution is 2.29. The van der Waals surface area contributed by atoms with Crippen molar-refractivity contribution in [3.8, 4) is 11.5 Å². The van der Waals surface area contributed by atoms with Gasteiger partial charge in [0.15, 0.2) is 0 Å². The quantitative estimate of drug-likeness (QED) is 0.617. The Hall–Kier alpha value is -2.58. The first-order valence-corrected chi connectivity index (χ1v) is 11.9. The molecule has 0 aromatic heterocycles. The van der Waals surface area contributed by atoms with Crippen LogP contribution in [0.15, 0.2) is 41.3 Å². The second kappa shape index (κ2) is 10.2. The van der Waals surface area contributed by atoms with Gasteiger partial charge in [-0.05, 0) is 68.0 Å². The summed E-state index contributed by atoms with van der Waals surface area (Å²) in [5, 5.41) is 2.88. The molecule has 0 heterocycles. The summed E-state index contributed by atoms with van der Waals surface area (Å²) < 4.78 is 38.3. The van der Waals surface area contributed by atoms with Crippen molar-refractivity contribution in [3.63, 3.8) is 0 Å². The SMILES string of the molecule is COc1ccc(C(C)NC(=O)CCNS(=O)(=O)c2ccc3c(c2)CCCC3)c(OC)c1. The fourth-order valence-corrected chi connectivity index (χ4v) is 4.91. The van der Waals surface area contributed by atoms with Crippen LogP contribution in [-0.2, 0) is 27.7 Å². The Balaban J connectivity index is 1.55. The molecular formula is C23H30N2O5S. The largest absolute Gasteiger partial charge is 0.497 e.